The maximum Gasteiger partial charge on any atom is 0.338 e. The minimum absolute atomic E-state index is 0.0205. The normalized spacial score (nSPS) is 29.2. The lowest BCUT2D eigenvalue weighted by atomic mass is 9.99. The highest BCUT2D eigenvalue weighted by molar-refractivity contribution is 5.91. The summed E-state index contributed by atoms with van der Waals surface area (Å²) in [5.74, 6) is -1.15. The number of phenolic OH excluding ortho intramolecular Hbond substituents is 1. The lowest BCUT2D eigenvalue weighted by Gasteiger charge is -2.40. The van der Waals surface area contributed by atoms with Crippen LogP contribution >= 0.6 is 0 Å². The molecule has 2 aromatic rings. The predicted molar refractivity (Wildman–Crippen MR) is 151 cm³/mol. The lowest BCUT2D eigenvalue weighted by Crippen LogP contribution is -2.60. The molecular weight excluding hydrogens is 620 g/mol. The molecule has 0 unspecified atom stereocenters. The van der Waals surface area contributed by atoms with Crippen LogP contribution in [0.5, 0.6) is 34.5 Å². The molecule has 17 heteroatoms. The molecule has 2 saturated heterocycles. The van der Waals surface area contributed by atoms with Crippen LogP contribution in [0.1, 0.15) is 15.9 Å². The molecule has 0 aliphatic carbocycles. The lowest BCUT2D eigenvalue weighted by molar-refractivity contribution is -0.289. The summed E-state index contributed by atoms with van der Waals surface area (Å²) in [7, 11) is 5.23. The monoisotopic (exact) mass is 658 g/mol. The standard InChI is InChI=1S/C29H38O17/c1-38-15-7-14(8-16(39-2)20(15)31)26(36)43-11-29(37)12-44-28(25(29)35)42-10-19-21(32)22(33)23(34)27(45-19)46-24-17(40-3)5-13(9-30)6-18(24)41-4/h5-8,19,21-23,25,27-28,30-35,37H,9-12H2,1-4H3/t19-,21+,22+,23+,25-,27-,28+,29-/m0/s1. The molecule has 0 spiro atoms. The summed E-state index contributed by atoms with van der Waals surface area (Å²) in [6, 6.07) is 5.33. The van der Waals surface area contributed by atoms with Crippen molar-refractivity contribution >= 4 is 5.97 Å². The fourth-order valence-electron chi connectivity index (χ4n) is 4.81. The van der Waals surface area contributed by atoms with Crippen molar-refractivity contribution in [2.45, 2.75) is 55.3 Å². The Bertz CT molecular complexity index is 1300. The van der Waals surface area contributed by atoms with Crippen LogP contribution in [-0.2, 0) is 25.6 Å². The first kappa shape index (κ1) is 35.2. The van der Waals surface area contributed by atoms with Gasteiger partial charge >= 0.3 is 5.97 Å². The Labute approximate surface area is 262 Å². The molecule has 8 atom stereocenters. The van der Waals surface area contributed by atoms with E-state index in [9.17, 15) is 40.5 Å². The SMILES string of the molecule is COc1cc(C(=O)OC[C@]2(O)CO[C@@H](OC[C@@H]3O[C@@H](Oc4c(OC)cc(CO)cc4OC)[C@H](O)[C@H](O)[C@@H]3O)[C@@H]2O)cc(OC)c1O. The third kappa shape index (κ3) is 7.17. The Balaban J connectivity index is 1.39. The van der Waals surface area contributed by atoms with Crippen molar-refractivity contribution in [2.75, 3.05) is 48.3 Å². The summed E-state index contributed by atoms with van der Waals surface area (Å²) in [6.45, 7) is -2.08. The van der Waals surface area contributed by atoms with Gasteiger partial charge in [-0.1, -0.05) is 0 Å². The van der Waals surface area contributed by atoms with Crippen molar-refractivity contribution in [3.05, 3.63) is 35.4 Å². The second-order valence-electron chi connectivity index (χ2n) is 10.5. The summed E-state index contributed by atoms with van der Waals surface area (Å²) >= 11 is 0. The van der Waals surface area contributed by atoms with Gasteiger partial charge in [-0.25, -0.2) is 4.79 Å². The van der Waals surface area contributed by atoms with Gasteiger partial charge in [-0.2, -0.15) is 0 Å². The molecule has 0 radical (unpaired) electrons. The molecule has 46 heavy (non-hydrogen) atoms. The Kier molecular flexibility index (Phi) is 11.4. The zero-order chi connectivity index (χ0) is 33.8. The number of phenols is 1. The number of methoxy groups -OCH3 is 4. The van der Waals surface area contributed by atoms with Crippen molar-refractivity contribution in [3.63, 3.8) is 0 Å². The third-order valence-electron chi connectivity index (χ3n) is 7.50. The van der Waals surface area contributed by atoms with Crippen LogP contribution < -0.4 is 23.7 Å². The number of aliphatic hydroxyl groups is 6. The number of aromatic hydroxyl groups is 1. The van der Waals surface area contributed by atoms with E-state index < -0.39 is 74.5 Å². The van der Waals surface area contributed by atoms with Crippen LogP contribution in [0, 0.1) is 0 Å². The molecule has 17 nitrogen and oxygen atoms in total. The molecule has 0 bridgehead atoms. The molecule has 256 valence electrons. The maximum atomic E-state index is 12.7. The molecule has 4 rings (SSSR count). The number of hydrogen-bond donors (Lipinski definition) is 7. The minimum atomic E-state index is -2.10. The van der Waals surface area contributed by atoms with Crippen molar-refractivity contribution < 1.29 is 83.2 Å². The van der Waals surface area contributed by atoms with Crippen molar-refractivity contribution in [1.29, 1.82) is 0 Å². The Morgan fingerprint density at radius 2 is 1.46 bits per heavy atom. The summed E-state index contributed by atoms with van der Waals surface area (Å²) in [5, 5.41) is 72.9. The number of carbonyl (C=O) groups is 1. The Morgan fingerprint density at radius 1 is 0.870 bits per heavy atom. The van der Waals surface area contributed by atoms with E-state index in [4.69, 9.17) is 42.6 Å². The highest BCUT2D eigenvalue weighted by Gasteiger charge is 2.51. The van der Waals surface area contributed by atoms with E-state index in [2.05, 4.69) is 0 Å². The van der Waals surface area contributed by atoms with Crippen LogP contribution in [-0.4, -0.2) is 139 Å². The van der Waals surface area contributed by atoms with E-state index >= 15 is 0 Å². The number of ether oxygens (including phenoxy) is 9. The molecule has 2 fully saturated rings. The van der Waals surface area contributed by atoms with Gasteiger partial charge in [0.05, 0.1) is 53.8 Å². The molecule has 0 aromatic heterocycles. The zero-order valence-corrected chi connectivity index (χ0v) is 25.4. The molecule has 2 aromatic carbocycles. The zero-order valence-electron chi connectivity index (χ0n) is 25.4. The van der Waals surface area contributed by atoms with Crippen molar-refractivity contribution in [1.82, 2.24) is 0 Å². The number of carbonyl (C=O) groups excluding carboxylic acids is 1. The number of rotatable bonds is 13. The highest BCUT2D eigenvalue weighted by atomic mass is 16.7. The smallest absolute Gasteiger partial charge is 0.338 e. The maximum absolute atomic E-state index is 12.7. The highest BCUT2D eigenvalue weighted by Crippen LogP contribution is 2.41. The van der Waals surface area contributed by atoms with Crippen LogP contribution in [0.15, 0.2) is 24.3 Å². The van der Waals surface area contributed by atoms with Crippen LogP contribution in [0.2, 0.25) is 0 Å². The van der Waals surface area contributed by atoms with Crippen LogP contribution in [0.3, 0.4) is 0 Å². The van der Waals surface area contributed by atoms with E-state index in [1.807, 2.05) is 0 Å². The van der Waals surface area contributed by atoms with Gasteiger partial charge < -0.3 is 78.4 Å². The fourth-order valence-corrected chi connectivity index (χ4v) is 4.81. The van der Waals surface area contributed by atoms with Gasteiger partial charge in [-0.05, 0) is 29.8 Å². The number of esters is 1. The topological polar surface area (TPSA) is 242 Å². The summed E-state index contributed by atoms with van der Waals surface area (Å²) in [6.07, 6.45) is -11.3. The Morgan fingerprint density at radius 3 is 2.00 bits per heavy atom. The van der Waals surface area contributed by atoms with Gasteiger partial charge in [0.1, 0.15) is 37.1 Å². The molecule has 2 aliphatic rings. The van der Waals surface area contributed by atoms with Crippen LogP contribution in [0.25, 0.3) is 0 Å². The van der Waals surface area contributed by atoms with Gasteiger partial charge in [0.2, 0.25) is 17.8 Å². The summed E-state index contributed by atoms with van der Waals surface area (Å²) in [5.41, 5.74) is -1.73. The van der Waals surface area contributed by atoms with Gasteiger partial charge in [-0.15, -0.1) is 0 Å². The van der Waals surface area contributed by atoms with Gasteiger partial charge in [-0.3, -0.25) is 0 Å². The quantitative estimate of drug-likeness (QED) is 0.120. The predicted octanol–water partition coefficient (Wildman–Crippen LogP) is -1.57. The molecule has 2 aliphatic heterocycles. The number of aliphatic hydroxyl groups excluding tert-OH is 5. The first-order chi connectivity index (χ1) is 21.9. The largest absolute Gasteiger partial charge is 0.502 e. The minimum Gasteiger partial charge on any atom is -0.502 e. The van der Waals surface area contributed by atoms with Crippen molar-refractivity contribution in [3.8, 4) is 34.5 Å². The fraction of sp³-hybridized carbons (Fsp3) is 0.552. The van der Waals surface area contributed by atoms with E-state index in [0.29, 0.717) is 5.56 Å². The number of benzene rings is 2. The van der Waals surface area contributed by atoms with Gasteiger partial charge in [0.15, 0.2) is 34.9 Å². The summed E-state index contributed by atoms with van der Waals surface area (Å²) in [4.78, 5) is 12.7. The molecule has 2 heterocycles. The molecule has 0 saturated carbocycles. The Hall–Kier alpha value is -3.65. The van der Waals surface area contributed by atoms with Gasteiger partial charge in [0.25, 0.3) is 0 Å². The van der Waals surface area contributed by atoms with E-state index in [1.54, 1.807) is 0 Å². The van der Waals surface area contributed by atoms with E-state index in [-0.39, 0.29) is 46.7 Å². The first-order valence-electron chi connectivity index (χ1n) is 13.9. The second kappa shape index (κ2) is 14.8. The molecular formula is C29H38O17. The average molecular weight is 659 g/mol. The third-order valence-corrected chi connectivity index (χ3v) is 7.50. The number of hydrogen-bond acceptors (Lipinski definition) is 17. The first-order valence-corrected chi connectivity index (χ1v) is 13.9. The van der Waals surface area contributed by atoms with Crippen molar-refractivity contribution in [2.24, 2.45) is 0 Å². The molecule has 0 amide bonds. The molecule has 7 N–H and O–H groups in total. The van der Waals surface area contributed by atoms with E-state index in [1.165, 1.54) is 52.7 Å². The van der Waals surface area contributed by atoms with Crippen LogP contribution in [0.4, 0.5) is 0 Å². The van der Waals surface area contributed by atoms with E-state index in [0.717, 1.165) is 0 Å². The summed E-state index contributed by atoms with van der Waals surface area (Å²) < 4.78 is 48.2. The second-order valence-corrected chi connectivity index (χ2v) is 10.5. The van der Waals surface area contributed by atoms with Gasteiger partial charge in [0, 0.05) is 0 Å². The average Bonchev–Trinajstić information content (AvgIpc) is 3.35.